The van der Waals surface area contributed by atoms with Crippen LogP contribution in [0.4, 0.5) is 0 Å². The molecule has 0 aromatic heterocycles. The first-order chi connectivity index (χ1) is 18.1. The van der Waals surface area contributed by atoms with Crippen LogP contribution >= 0.6 is 0 Å². The second-order valence-corrected chi connectivity index (χ2v) is 9.94. The first kappa shape index (κ1) is 45.3. The Kier molecular flexibility index (Phi) is 25.9. The fourth-order valence-corrected chi connectivity index (χ4v) is 4.98. The van der Waals surface area contributed by atoms with Crippen LogP contribution in [-0.2, 0) is 28.8 Å². The summed E-state index contributed by atoms with van der Waals surface area (Å²) in [5, 5.41) is 30.8. The summed E-state index contributed by atoms with van der Waals surface area (Å²) < 4.78 is 0. The zero-order valence-corrected chi connectivity index (χ0v) is 29.5. The molecule has 0 heterocycles. The molecule has 0 aliphatic heterocycles. The van der Waals surface area contributed by atoms with Gasteiger partial charge in [0.15, 0.2) is 0 Å². The molecule has 0 aliphatic carbocycles. The Morgan fingerprint density at radius 2 is 0.500 bits per heavy atom. The minimum Gasteiger partial charge on any atom is -0.550 e. The number of hydrogen-bond acceptors (Lipinski definition) is 9. The van der Waals surface area contributed by atoms with Crippen molar-refractivity contribution < 1.29 is 44.1 Å². The Hall–Kier alpha value is -1.71. The predicted octanol–water partition coefficient (Wildman–Crippen LogP) is 2.35. The molecule has 0 fully saturated rings. The van der Waals surface area contributed by atoms with Crippen molar-refractivity contribution in [2.24, 2.45) is 16.2 Å². The van der Waals surface area contributed by atoms with Crippen molar-refractivity contribution in [2.75, 3.05) is 0 Å². The van der Waals surface area contributed by atoms with E-state index in [1.165, 1.54) is 0 Å². The number of rotatable bonds is 18. The smallest absolute Gasteiger partial charge is 0.550 e. The van der Waals surface area contributed by atoms with Crippen molar-refractivity contribution in [3.63, 3.8) is 0 Å². The minimum absolute atomic E-state index is 0. The van der Waals surface area contributed by atoms with Crippen molar-refractivity contribution in [3.8, 4) is 0 Å². The molecular weight excluding hydrogens is 619 g/mol. The van der Waals surface area contributed by atoms with E-state index in [1.807, 2.05) is 62.3 Å². The van der Waals surface area contributed by atoms with Gasteiger partial charge in [0.2, 0.25) is 0 Å². The molecule has 0 aromatic rings. The molecule has 10 heteroatoms. The number of carbonyl (C=O) groups excluding carboxylic acids is 6. The van der Waals surface area contributed by atoms with Crippen LogP contribution < -0.4 is 15.3 Å². The van der Waals surface area contributed by atoms with Crippen molar-refractivity contribution in [1.82, 2.24) is 0 Å². The third-order valence-corrected chi connectivity index (χ3v) is 8.78. The SMILES string of the molecule is CCC(CC)(CC)C(=O)CC(=O)[O-].CCC(CC)(CC)C(=O)CC(=O)[O-].CCC(CC)(CC)C(=O)CC(=O)[O-].[In+3]. The molecule has 0 bridgehead atoms. The van der Waals surface area contributed by atoms with Crippen LogP contribution in [0, 0.1) is 16.2 Å². The number of carboxylic acids is 3. The van der Waals surface area contributed by atoms with Gasteiger partial charge in [0, 0.05) is 53.4 Å². The predicted molar refractivity (Wildman–Crippen MR) is 150 cm³/mol. The number of aliphatic carboxylic acids is 3. The number of hydrogen-bond donors (Lipinski definition) is 0. The largest absolute Gasteiger partial charge is 3.00 e. The number of carboxylic acid groups (broad SMARTS) is 3. The monoisotopic (exact) mass is 670 g/mol. The quantitative estimate of drug-likeness (QED) is 0.199. The molecule has 40 heavy (non-hydrogen) atoms. The third-order valence-electron chi connectivity index (χ3n) is 8.78. The van der Waals surface area contributed by atoms with Gasteiger partial charge in [0.25, 0.3) is 0 Å². The van der Waals surface area contributed by atoms with Crippen LogP contribution in [0.25, 0.3) is 0 Å². The van der Waals surface area contributed by atoms with Gasteiger partial charge in [-0.05, 0) is 57.8 Å². The summed E-state index contributed by atoms with van der Waals surface area (Å²) in [7, 11) is 0. The molecule has 0 atom stereocenters. The van der Waals surface area contributed by atoms with Gasteiger partial charge in [-0.25, -0.2) is 0 Å². The van der Waals surface area contributed by atoms with Crippen molar-refractivity contribution in [3.05, 3.63) is 0 Å². The maximum atomic E-state index is 11.5. The average Bonchev–Trinajstić information content (AvgIpc) is 2.88. The van der Waals surface area contributed by atoms with Gasteiger partial charge in [0.1, 0.15) is 17.3 Å². The second kappa shape index (κ2) is 22.9. The summed E-state index contributed by atoms with van der Waals surface area (Å²) in [5.74, 6) is -4.40. The fraction of sp³-hybridized carbons (Fsp3) is 0.800. The van der Waals surface area contributed by atoms with Gasteiger partial charge in [-0.2, -0.15) is 0 Å². The van der Waals surface area contributed by atoms with E-state index in [1.54, 1.807) is 0 Å². The minimum atomic E-state index is -1.27. The summed E-state index contributed by atoms with van der Waals surface area (Å²) in [5.41, 5.74) is -1.33. The molecule has 228 valence electrons. The van der Waals surface area contributed by atoms with Crippen LogP contribution in [0.2, 0.25) is 0 Å². The first-order valence-electron chi connectivity index (χ1n) is 14.3. The maximum absolute atomic E-state index is 11.5. The molecule has 0 saturated heterocycles. The fourth-order valence-electron chi connectivity index (χ4n) is 4.98. The number of ketones is 3. The zero-order chi connectivity index (χ0) is 31.4. The second-order valence-electron chi connectivity index (χ2n) is 9.94. The van der Waals surface area contributed by atoms with E-state index in [4.69, 9.17) is 0 Å². The number of Topliss-reactive ketones (excluding diaryl/α,β-unsaturated/α-hetero) is 3. The van der Waals surface area contributed by atoms with Gasteiger partial charge in [-0.15, -0.1) is 0 Å². The van der Waals surface area contributed by atoms with E-state index in [-0.39, 0.29) is 43.2 Å². The Balaban J connectivity index is -0.000000240. The van der Waals surface area contributed by atoms with Crippen LogP contribution in [0.1, 0.15) is 139 Å². The third kappa shape index (κ3) is 14.8. The van der Waals surface area contributed by atoms with Crippen LogP contribution in [0.15, 0.2) is 0 Å². The zero-order valence-electron chi connectivity index (χ0n) is 26.2. The van der Waals surface area contributed by atoms with E-state index >= 15 is 0 Å². The Morgan fingerprint density at radius 3 is 0.575 bits per heavy atom. The molecule has 0 saturated carbocycles. The van der Waals surface area contributed by atoms with Crippen LogP contribution in [-0.4, -0.2) is 61.1 Å². The number of carbonyl (C=O) groups is 6. The molecule has 0 unspecified atom stereocenters. The molecule has 9 nitrogen and oxygen atoms in total. The summed E-state index contributed by atoms with van der Waals surface area (Å²) in [6.07, 6.45) is 4.96. The standard InChI is InChI=1S/3C10H18O3.In/c3*1-4-10(5-2,6-3)8(11)7-9(12)13;/h3*4-7H2,1-3H3,(H,12,13);/q;;;+3/p-3. The Bertz CT molecular complexity index is 664. The van der Waals surface area contributed by atoms with Crippen molar-refractivity contribution >= 4 is 61.1 Å². The summed E-state index contributed by atoms with van der Waals surface area (Å²) >= 11 is 0. The van der Waals surface area contributed by atoms with Crippen LogP contribution in [0.3, 0.4) is 0 Å². The molecule has 0 aliphatic rings. The molecule has 0 rings (SSSR count). The van der Waals surface area contributed by atoms with Gasteiger partial charge >= 0.3 is 25.8 Å². The summed E-state index contributed by atoms with van der Waals surface area (Å²) in [4.78, 5) is 65.5. The van der Waals surface area contributed by atoms with Crippen molar-refractivity contribution in [1.29, 1.82) is 0 Å². The summed E-state index contributed by atoms with van der Waals surface area (Å²) in [6.45, 7) is 17.3. The van der Waals surface area contributed by atoms with E-state index in [0.717, 1.165) is 0 Å². The molecule has 0 aromatic carbocycles. The Labute approximate surface area is 260 Å². The van der Waals surface area contributed by atoms with E-state index in [2.05, 4.69) is 0 Å². The van der Waals surface area contributed by atoms with Gasteiger partial charge < -0.3 is 29.7 Å². The maximum Gasteiger partial charge on any atom is 3.00 e. The average molecular weight is 671 g/mol. The van der Waals surface area contributed by atoms with Gasteiger partial charge in [0.05, 0.1) is 0 Å². The van der Waals surface area contributed by atoms with Crippen LogP contribution in [0.5, 0.6) is 0 Å². The topological polar surface area (TPSA) is 172 Å². The van der Waals surface area contributed by atoms with Crippen molar-refractivity contribution in [2.45, 2.75) is 139 Å². The normalized spacial score (nSPS) is 11.0. The first-order valence-corrected chi connectivity index (χ1v) is 14.3. The van der Waals surface area contributed by atoms with E-state index < -0.39 is 53.4 Å². The molecule has 0 radical (unpaired) electrons. The molecule has 0 N–H and O–H groups in total. The summed E-state index contributed by atoms with van der Waals surface area (Å²) in [6, 6.07) is 0. The van der Waals surface area contributed by atoms with Gasteiger partial charge in [-0.3, -0.25) is 14.4 Å². The van der Waals surface area contributed by atoms with E-state index in [0.29, 0.717) is 57.8 Å². The Morgan fingerprint density at radius 1 is 0.375 bits per heavy atom. The molecular formula is C30H51InO9. The molecule has 0 spiro atoms. The molecule has 0 amide bonds. The van der Waals surface area contributed by atoms with E-state index in [9.17, 15) is 44.1 Å². The van der Waals surface area contributed by atoms with Gasteiger partial charge in [-0.1, -0.05) is 62.3 Å².